The number of hydrogen-bond donors (Lipinski definition) is 3. The third-order valence-electron chi connectivity index (χ3n) is 3.35. The van der Waals surface area contributed by atoms with E-state index in [2.05, 4.69) is 5.32 Å². The van der Waals surface area contributed by atoms with E-state index >= 15 is 0 Å². The van der Waals surface area contributed by atoms with Crippen LogP contribution in [0.5, 0.6) is 0 Å². The molecule has 96 valence electrons. The average Bonchev–Trinajstić information content (AvgIpc) is 2.30. The summed E-state index contributed by atoms with van der Waals surface area (Å²) in [5, 5.41) is 12.3. The van der Waals surface area contributed by atoms with Crippen LogP contribution in [0, 0.1) is 5.41 Å². The van der Waals surface area contributed by atoms with E-state index in [9.17, 15) is 9.90 Å². The highest BCUT2D eigenvalue weighted by atomic mass is 16.3. The summed E-state index contributed by atoms with van der Waals surface area (Å²) < 4.78 is 0. The zero-order chi connectivity index (χ0) is 12.6. The predicted molar refractivity (Wildman–Crippen MR) is 66.0 cm³/mol. The Bertz CT molecular complexity index is 195. The van der Waals surface area contributed by atoms with Crippen LogP contribution in [0.4, 0.5) is 0 Å². The monoisotopic (exact) mass is 230 g/mol. The van der Waals surface area contributed by atoms with Gasteiger partial charge in [0.1, 0.15) is 0 Å². The van der Waals surface area contributed by atoms with Crippen LogP contribution in [-0.2, 0) is 4.79 Å². The minimum absolute atomic E-state index is 0.0323. The lowest BCUT2D eigenvalue weighted by Crippen LogP contribution is -2.47. The summed E-state index contributed by atoms with van der Waals surface area (Å²) in [6, 6.07) is 0. The molecule has 1 unspecified atom stereocenters. The molecule has 0 aromatic rings. The predicted octanol–water partition coefficient (Wildman–Crippen LogP) is 1.03. The van der Waals surface area contributed by atoms with Gasteiger partial charge in [0, 0.05) is 13.1 Å². The van der Waals surface area contributed by atoms with E-state index in [-0.39, 0.29) is 5.91 Å². The zero-order valence-electron chi connectivity index (χ0n) is 10.8. The molecule has 1 amide bonds. The van der Waals surface area contributed by atoms with E-state index in [0.717, 1.165) is 19.3 Å². The number of nitrogens with one attached hydrogen (secondary N) is 1. The molecule has 0 aromatic heterocycles. The standard InChI is InChI=1S/C12H26N2O2/c1-4-7-10(15)8-14-11(16)12(5-2,6-3)9-13/h10,15H,4-9,13H2,1-3H3,(H,14,16). The molecule has 0 saturated heterocycles. The Morgan fingerprint density at radius 1 is 1.38 bits per heavy atom. The third-order valence-corrected chi connectivity index (χ3v) is 3.35. The summed E-state index contributed by atoms with van der Waals surface area (Å²) in [7, 11) is 0. The van der Waals surface area contributed by atoms with Gasteiger partial charge in [-0.1, -0.05) is 27.2 Å². The van der Waals surface area contributed by atoms with Crippen LogP contribution in [0.15, 0.2) is 0 Å². The molecule has 1 atom stereocenters. The molecule has 0 aliphatic rings. The fourth-order valence-electron chi connectivity index (χ4n) is 1.79. The number of aliphatic hydroxyl groups is 1. The van der Waals surface area contributed by atoms with Crippen LogP contribution in [0.1, 0.15) is 46.5 Å². The van der Waals surface area contributed by atoms with Crippen molar-refractivity contribution in [2.45, 2.75) is 52.6 Å². The third kappa shape index (κ3) is 4.10. The van der Waals surface area contributed by atoms with Gasteiger partial charge in [-0.05, 0) is 19.3 Å². The first-order valence-corrected chi connectivity index (χ1v) is 6.22. The van der Waals surface area contributed by atoms with Crippen LogP contribution < -0.4 is 11.1 Å². The highest BCUT2D eigenvalue weighted by molar-refractivity contribution is 5.82. The molecule has 0 rings (SSSR count). The van der Waals surface area contributed by atoms with Gasteiger partial charge in [-0.15, -0.1) is 0 Å². The Balaban J connectivity index is 4.21. The molecule has 0 saturated carbocycles. The van der Waals surface area contributed by atoms with E-state index in [4.69, 9.17) is 5.73 Å². The van der Waals surface area contributed by atoms with Crippen molar-refractivity contribution in [2.24, 2.45) is 11.1 Å². The smallest absolute Gasteiger partial charge is 0.227 e. The minimum atomic E-state index is -0.466. The Kier molecular flexibility index (Phi) is 7.34. The SMILES string of the molecule is CCCC(O)CNC(=O)C(CC)(CC)CN. The fraction of sp³-hybridized carbons (Fsp3) is 0.917. The van der Waals surface area contributed by atoms with Gasteiger partial charge < -0.3 is 16.2 Å². The average molecular weight is 230 g/mol. The van der Waals surface area contributed by atoms with Crippen LogP contribution in [-0.4, -0.2) is 30.2 Å². The molecule has 4 heteroatoms. The molecule has 0 aromatic carbocycles. The molecule has 0 bridgehead atoms. The molecule has 0 spiro atoms. The fourth-order valence-corrected chi connectivity index (χ4v) is 1.79. The molecular weight excluding hydrogens is 204 g/mol. The number of aliphatic hydroxyl groups excluding tert-OH is 1. The maximum atomic E-state index is 12.0. The van der Waals surface area contributed by atoms with Crippen LogP contribution >= 0.6 is 0 Å². The summed E-state index contributed by atoms with van der Waals surface area (Å²) in [5.41, 5.74) is 5.21. The minimum Gasteiger partial charge on any atom is -0.391 e. The number of hydrogen-bond acceptors (Lipinski definition) is 3. The van der Waals surface area contributed by atoms with Gasteiger partial charge in [-0.25, -0.2) is 0 Å². The van der Waals surface area contributed by atoms with E-state index < -0.39 is 11.5 Å². The molecular formula is C12H26N2O2. The lowest BCUT2D eigenvalue weighted by molar-refractivity contribution is -0.131. The molecule has 0 aliphatic heterocycles. The second-order valence-electron chi connectivity index (χ2n) is 4.34. The maximum Gasteiger partial charge on any atom is 0.227 e. The van der Waals surface area contributed by atoms with Gasteiger partial charge >= 0.3 is 0 Å². The summed E-state index contributed by atoms with van der Waals surface area (Å²) in [6.07, 6.45) is 2.65. The number of carbonyl (C=O) groups excluding carboxylic acids is 1. The number of rotatable bonds is 8. The van der Waals surface area contributed by atoms with Crippen molar-refractivity contribution in [3.63, 3.8) is 0 Å². The van der Waals surface area contributed by atoms with Gasteiger partial charge in [-0.3, -0.25) is 4.79 Å². The highest BCUT2D eigenvalue weighted by Gasteiger charge is 2.33. The van der Waals surface area contributed by atoms with E-state index in [1.165, 1.54) is 0 Å². The van der Waals surface area contributed by atoms with Gasteiger partial charge in [0.05, 0.1) is 11.5 Å². The maximum absolute atomic E-state index is 12.0. The Morgan fingerprint density at radius 2 is 1.94 bits per heavy atom. The van der Waals surface area contributed by atoms with Crippen LogP contribution in [0.3, 0.4) is 0 Å². The molecule has 0 aliphatic carbocycles. The lowest BCUT2D eigenvalue weighted by Gasteiger charge is -2.29. The quantitative estimate of drug-likeness (QED) is 0.583. The van der Waals surface area contributed by atoms with E-state index in [0.29, 0.717) is 19.5 Å². The number of carbonyl (C=O) groups is 1. The van der Waals surface area contributed by atoms with Crippen molar-refractivity contribution in [3.05, 3.63) is 0 Å². The normalized spacial score (nSPS) is 13.6. The molecule has 4 nitrogen and oxygen atoms in total. The van der Waals surface area contributed by atoms with Gasteiger partial charge in [-0.2, -0.15) is 0 Å². The Morgan fingerprint density at radius 3 is 2.31 bits per heavy atom. The van der Waals surface area contributed by atoms with Crippen molar-refractivity contribution in [1.82, 2.24) is 5.32 Å². The molecule has 0 fully saturated rings. The van der Waals surface area contributed by atoms with Gasteiger partial charge in [0.25, 0.3) is 0 Å². The topological polar surface area (TPSA) is 75.3 Å². The first-order valence-electron chi connectivity index (χ1n) is 6.22. The van der Waals surface area contributed by atoms with E-state index in [1.807, 2.05) is 20.8 Å². The summed E-state index contributed by atoms with van der Waals surface area (Å²) in [4.78, 5) is 12.0. The van der Waals surface area contributed by atoms with Crippen molar-refractivity contribution in [3.8, 4) is 0 Å². The first kappa shape index (κ1) is 15.4. The van der Waals surface area contributed by atoms with Crippen LogP contribution in [0.2, 0.25) is 0 Å². The molecule has 16 heavy (non-hydrogen) atoms. The number of amides is 1. The van der Waals surface area contributed by atoms with E-state index in [1.54, 1.807) is 0 Å². The Labute approximate surface area is 98.6 Å². The second kappa shape index (κ2) is 7.63. The number of nitrogens with two attached hydrogens (primary N) is 1. The molecule has 0 heterocycles. The van der Waals surface area contributed by atoms with Crippen molar-refractivity contribution in [2.75, 3.05) is 13.1 Å². The lowest BCUT2D eigenvalue weighted by atomic mass is 9.81. The van der Waals surface area contributed by atoms with Crippen molar-refractivity contribution < 1.29 is 9.90 Å². The Hall–Kier alpha value is -0.610. The summed E-state index contributed by atoms with van der Waals surface area (Å²) in [5.74, 6) is -0.0323. The van der Waals surface area contributed by atoms with Crippen molar-refractivity contribution >= 4 is 5.91 Å². The molecule has 4 N–H and O–H groups in total. The molecule has 0 radical (unpaired) electrons. The first-order chi connectivity index (χ1) is 7.56. The summed E-state index contributed by atoms with van der Waals surface area (Å²) >= 11 is 0. The largest absolute Gasteiger partial charge is 0.391 e. The summed E-state index contributed by atoms with van der Waals surface area (Å²) in [6.45, 7) is 6.63. The van der Waals surface area contributed by atoms with Crippen molar-refractivity contribution in [1.29, 1.82) is 0 Å². The second-order valence-corrected chi connectivity index (χ2v) is 4.34. The van der Waals surface area contributed by atoms with Gasteiger partial charge in [0.2, 0.25) is 5.91 Å². The highest BCUT2D eigenvalue weighted by Crippen LogP contribution is 2.24. The van der Waals surface area contributed by atoms with Gasteiger partial charge in [0.15, 0.2) is 0 Å². The zero-order valence-corrected chi connectivity index (χ0v) is 10.8. The van der Waals surface area contributed by atoms with Crippen LogP contribution in [0.25, 0.3) is 0 Å².